The largest absolute Gasteiger partial charge is 0.503 e. The van der Waals surface area contributed by atoms with E-state index in [0.29, 0.717) is 0 Å². The molecular formula is C10H5F2NO. The van der Waals surface area contributed by atoms with Gasteiger partial charge >= 0.3 is 0 Å². The summed E-state index contributed by atoms with van der Waals surface area (Å²) in [6, 6.07) is 3.58. The van der Waals surface area contributed by atoms with E-state index >= 15 is 0 Å². The number of phenols is 1. The standard InChI is InChI=1S/C10H5F2NO/c11-8-5-7(3-1-2-4-13)6-9(12)10(8)14/h5-6,14H,2H2. The van der Waals surface area contributed by atoms with Gasteiger partial charge in [-0.2, -0.15) is 5.26 Å². The third kappa shape index (κ3) is 2.21. The molecule has 2 nitrogen and oxygen atoms in total. The first-order chi connectivity index (χ1) is 6.65. The van der Waals surface area contributed by atoms with Gasteiger partial charge in [-0.15, -0.1) is 0 Å². The Labute approximate surface area is 79.4 Å². The Morgan fingerprint density at radius 2 is 1.86 bits per heavy atom. The quantitative estimate of drug-likeness (QED) is 0.640. The summed E-state index contributed by atoms with van der Waals surface area (Å²) in [6.07, 6.45) is -0.00981. The predicted octanol–water partition coefficient (Wildman–Crippen LogP) is 1.94. The molecule has 0 saturated heterocycles. The summed E-state index contributed by atoms with van der Waals surface area (Å²) in [7, 11) is 0. The molecule has 0 spiro atoms. The molecular weight excluding hydrogens is 188 g/mol. The third-order valence-corrected chi connectivity index (χ3v) is 1.42. The van der Waals surface area contributed by atoms with Gasteiger partial charge in [-0.1, -0.05) is 11.8 Å². The fraction of sp³-hybridized carbons (Fsp3) is 0.100. The zero-order chi connectivity index (χ0) is 10.6. The van der Waals surface area contributed by atoms with Crippen molar-refractivity contribution in [1.29, 1.82) is 5.26 Å². The molecule has 0 radical (unpaired) electrons. The second-order valence-electron chi connectivity index (χ2n) is 2.43. The summed E-state index contributed by atoms with van der Waals surface area (Å²) in [4.78, 5) is 0. The van der Waals surface area contributed by atoms with Gasteiger partial charge in [0.25, 0.3) is 0 Å². The fourth-order valence-electron chi connectivity index (χ4n) is 0.823. The van der Waals surface area contributed by atoms with Gasteiger partial charge in [-0.3, -0.25) is 0 Å². The number of hydrogen-bond donors (Lipinski definition) is 1. The highest BCUT2D eigenvalue weighted by Gasteiger charge is 2.07. The van der Waals surface area contributed by atoms with Crippen molar-refractivity contribution in [2.24, 2.45) is 0 Å². The van der Waals surface area contributed by atoms with Crippen LogP contribution in [0.15, 0.2) is 12.1 Å². The molecule has 0 aliphatic carbocycles. The molecule has 1 aromatic rings. The second kappa shape index (κ2) is 4.25. The van der Waals surface area contributed by atoms with E-state index in [4.69, 9.17) is 10.4 Å². The number of nitriles is 1. The van der Waals surface area contributed by atoms with Gasteiger partial charge in [-0.05, 0) is 12.1 Å². The van der Waals surface area contributed by atoms with Crippen molar-refractivity contribution < 1.29 is 13.9 Å². The van der Waals surface area contributed by atoms with Crippen LogP contribution in [0.2, 0.25) is 0 Å². The lowest BCUT2D eigenvalue weighted by molar-refractivity contribution is 0.396. The van der Waals surface area contributed by atoms with Gasteiger partial charge in [0.15, 0.2) is 17.4 Å². The SMILES string of the molecule is N#CCC#Cc1cc(F)c(O)c(F)c1. The molecule has 14 heavy (non-hydrogen) atoms. The summed E-state index contributed by atoms with van der Waals surface area (Å²) >= 11 is 0. The van der Waals surface area contributed by atoms with Crippen molar-refractivity contribution >= 4 is 0 Å². The predicted molar refractivity (Wildman–Crippen MR) is 45.1 cm³/mol. The number of benzene rings is 1. The van der Waals surface area contributed by atoms with Crippen LogP contribution in [0, 0.1) is 34.8 Å². The molecule has 1 N–H and O–H groups in total. The summed E-state index contributed by atoms with van der Waals surface area (Å²) in [6.45, 7) is 0. The van der Waals surface area contributed by atoms with Gasteiger partial charge in [0.05, 0.1) is 12.5 Å². The number of hydrogen-bond acceptors (Lipinski definition) is 2. The lowest BCUT2D eigenvalue weighted by Crippen LogP contribution is -1.85. The van der Waals surface area contributed by atoms with Crippen LogP contribution in [-0.4, -0.2) is 5.11 Å². The molecule has 70 valence electrons. The van der Waals surface area contributed by atoms with Crippen molar-refractivity contribution in [2.45, 2.75) is 6.42 Å². The molecule has 1 rings (SSSR count). The highest BCUT2D eigenvalue weighted by molar-refractivity contribution is 5.40. The molecule has 0 aromatic heterocycles. The topological polar surface area (TPSA) is 44.0 Å². The van der Waals surface area contributed by atoms with Gasteiger partial charge in [0.2, 0.25) is 0 Å². The highest BCUT2D eigenvalue weighted by Crippen LogP contribution is 2.20. The maximum atomic E-state index is 12.7. The number of phenolic OH excluding ortho intramolecular Hbond substituents is 1. The van der Waals surface area contributed by atoms with Crippen molar-refractivity contribution in [3.05, 3.63) is 29.3 Å². The highest BCUT2D eigenvalue weighted by atomic mass is 19.1. The maximum absolute atomic E-state index is 12.7. The van der Waals surface area contributed by atoms with Crippen LogP contribution in [-0.2, 0) is 0 Å². The summed E-state index contributed by atoms with van der Waals surface area (Å²) in [5, 5.41) is 16.9. The van der Waals surface area contributed by atoms with Crippen LogP contribution >= 0.6 is 0 Å². The Bertz CT molecular complexity index is 428. The normalized spacial score (nSPS) is 8.64. The van der Waals surface area contributed by atoms with Crippen LogP contribution in [0.3, 0.4) is 0 Å². The summed E-state index contributed by atoms with van der Waals surface area (Å²) < 4.78 is 25.5. The van der Waals surface area contributed by atoms with Crippen LogP contribution in [0.25, 0.3) is 0 Å². The lowest BCUT2D eigenvalue weighted by atomic mass is 10.2. The van der Waals surface area contributed by atoms with E-state index < -0.39 is 17.4 Å². The molecule has 0 bridgehead atoms. The van der Waals surface area contributed by atoms with E-state index in [2.05, 4.69) is 11.8 Å². The Kier molecular flexibility index (Phi) is 3.04. The monoisotopic (exact) mass is 193 g/mol. The molecule has 0 saturated carbocycles. The molecule has 0 fully saturated rings. The zero-order valence-electron chi connectivity index (χ0n) is 7.01. The Morgan fingerprint density at radius 1 is 1.29 bits per heavy atom. The van der Waals surface area contributed by atoms with E-state index in [1.807, 2.05) is 0 Å². The first-order valence-corrected chi connectivity index (χ1v) is 3.69. The second-order valence-corrected chi connectivity index (χ2v) is 2.43. The molecule has 0 atom stereocenters. The minimum absolute atomic E-state index is 0.00981. The van der Waals surface area contributed by atoms with E-state index in [9.17, 15) is 8.78 Å². The van der Waals surface area contributed by atoms with Gasteiger partial charge in [0.1, 0.15) is 0 Å². The minimum Gasteiger partial charge on any atom is -0.503 e. The van der Waals surface area contributed by atoms with Gasteiger partial charge in [-0.25, -0.2) is 8.78 Å². The zero-order valence-corrected chi connectivity index (χ0v) is 7.01. The molecule has 4 heteroatoms. The van der Waals surface area contributed by atoms with E-state index in [-0.39, 0.29) is 12.0 Å². The average molecular weight is 193 g/mol. The first-order valence-electron chi connectivity index (χ1n) is 3.69. The van der Waals surface area contributed by atoms with Gasteiger partial charge < -0.3 is 5.11 Å². The van der Waals surface area contributed by atoms with Crippen molar-refractivity contribution in [3.63, 3.8) is 0 Å². The van der Waals surface area contributed by atoms with Crippen molar-refractivity contribution in [1.82, 2.24) is 0 Å². The lowest BCUT2D eigenvalue weighted by Gasteiger charge is -1.97. The van der Waals surface area contributed by atoms with Crippen molar-refractivity contribution in [3.8, 4) is 23.7 Å². The fourth-order valence-corrected chi connectivity index (χ4v) is 0.823. The number of halogens is 2. The van der Waals surface area contributed by atoms with Gasteiger partial charge in [0, 0.05) is 5.56 Å². The molecule has 0 heterocycles. The molecule has 1 aromatic carbocycles. The van der Waals surface area contributed by atoms with Crippen LogP contribution in [0.1, 0.15) is 12.0 Å². The summed E-state index contributed by atoms with van der Waals surface area (Å²) in [5.74, 6) is 1.64. The Hall–Kier alpha value is -2.07. The Balaban J connectivity index is 3.04. The van der Waals surface area contributed by atoms with E-state index in [0.717, 1.165) is 12.1 Å². The first kappa shape index (κ1) is 10.0. The number of aromatic hydroxyl groups is 1. The van der Waals surface area contributed by atoms with Crippen molar-refractivity contribution in [2.75, 3.05) is 0 Å². The molecule has 0 aliphatic heterocycles. The molecule has 0 aliphatic rings. The maximum Gasteiger partial charge on any atom is 0.187 e. The summed E-state index contributed by atoms with van der Waals surface area (Å²) in [5.41, 5.74) is 0.0908. The number of rotatable bonds is 0. The third-order valence-electron chi connectivity index (χ3n) is 1.42. The minimum atomic E-state index is -1.06. The molecule has 0 amide bonds. The van der Waals surface area contributed by atoms with Crippen LogP contribution < -0.4 is 0 Å². The molecule has 0 unspecified atom stereocenters. The van der Waals surface area contributed by atoms with E-state index in [1.165, 1.54) is 0 Å². The average Bonchev–Trinajstić information content (AvgIpc) is 2.14. The van der Waals surface area contributed by atoms with Crippen LogP contribution in [0.5, 0.6) is 5.75 Å². The smallest absolute Gasteiger partial charge is 0.187 e. The Morgan fingerprint density at radius 3 is 2.36 bits per heavy atom. The number of nitrogens with zero attached hydrogens (tertiary/aromatic N) is 1. The van der Waals surface area contributed by atoms with E-state index in [1.54, 1.807) is 6.07 Å². The van der Waals surface area contributed by atoms with Crippen LogP contribution in [0.4, 0.5) is 8.78 Å².